The summed E-state index contributed by atoms with van der Waals surface area (Å²) in [6.45, 7) is 2.36. The molecule has 27 heavy (non-hydrogen) atoms. The van der Waals surface area contributed by atoms with Crippen LogP contribution in [0.15, 0.2) is 17.0 Å². The van der Waals surface area contributed by atoms with Gasteiger partial charge in [0.1, 0.15) is 4.90 Å². The molecule has 0 radical (unpaired) electrons. The fraction of sp³-hybridized carbons (Fsp3) is 0.529. The smallest absolute Gasteiger partial charge is 0.255 e. The van der Waals surface area contributed by atoms with Crippen molar-refractivity contribution in [2.45, 2.75) is 49.6 Å². The van der Waals surface area contributed by atoms with Crippen LogP contribution in [-0.4, -0.2) is 50.3 Å². The Bertz CT molecular complexity index is 863. The first-order chi connectivity index (χ1) is 12.7. The molecular weight excluding hydrogens is 413 g/mol. The van der Waals surface area contributed by atoms with Crippen molar-refractivity contribution in [2.75, 3.05) is 13.1 Å². The minimum absolute atomic E-state index is 0.0194. The standard InChI is InChI=1S/C17H21Cl2N3O4S/c1-10(23)20-11-4-6-22(7-5-11)17(24)13-8-16(15(19)9-14(13)18)27(25,26)21-12-2-3-12/h8-9,11-12,21H,2-7H2,1H3,(H,20,23). The van der Waals surface area contributed by atoms with Gasteiger partial charge in [-0.3, -0.25) is 9.59 Å². The Morgan fingerprint density at radius 1 is 1.04 bits per heavy atom. The van der Waals surface area contributed by atoms with Crippen molar-refractivity contribution in [1.82, 2.24) is 14.9 Å². The van der Waals surface area contributed by atoms with E-state index in [1.807, 2.05) is 0 Å². The summed E-state index contributed by atoms with van der Waals surface area (Å²) in [6.07, 6.45) is 2.84. The monoisotopic (exact) mass is 433 g/mol. The summed E-state index contributed by atoms with van der Waals surface area (Å²) in [4.78, 5) is 25.5. The lowest BCUT2D eigenvalue weighted by atomic mass is 10.0. The molecule has 2 fully saturated rings. The molecule has 2 aliphatic rings. The van der Waals surface area contributed by atoms with E-state index in [1.165, 1.54) is 19.1 Å². The van der Waals surface area contributed by atoms with Crippen LogP contribution in [0.25, 0.3) is 0 Å². The highest BCUT2D eigenvalue weighted by Crippen LogP contribution is 2.31. The lowest BCUT2D eigenvalue weighted by Crippen LogP contribution is -2.46. The second-order valence-electron chi connectivity index (χ2n) is 6.93. The summed E-state index contributed by atoms with van der Waals surface area (Å²) in [7, 11) is -3.81. The first kappa shape index (κ1) is 20.4. The van der Waals surface area contributed by atoms with Crippen molar-refractivity contribution >= 4 is 45.0 Å². The van der Waals surface area contributed by atoms with Gasteiger partial charge in [-0.05, 0) is 37.8 Å². The van der Waals surface area contributed by atoms with Gasteiger partial charge in [-0.1, -0.05) is 23.2 Å². The summed E-state index contributed by atoms with van der Waals surface area (Å²) in [6, 6.07) is 2.50. The fourth-order valence-corrected chi connectivity index (χ4v) is 5.23. The Morgan fingerprint density at radius 2 is 1.67 bits per heavy atom. The average Bonchev–Trinajstić information content (AvgIpc) is 3.37. The molecule has 1 aliphatic heterocycles. The van der Waals surface area contributed by atoms with Crippen molar-refractivity contribution in [1.29, 1.82) is 0 Å². The molecule has 7 nitrogen and oxygen atoms in total. The van der Waals surface area contributed by atoms with Gasteiger partial charge in [0.25, 0.3) is 5.91 Å². The van der Waals surface area contributed by atoms with Crippen LogP contribution in [0.5, 0.6) is 0 Å². The van der Waals surface area contributed by atoms with Crippen LogP contribution in [0, 0.1) is 0 Å². The Hall–Kier alpha value is -1.35. The molecule has 3 rings (SSSR count). The van der Waals surface area contributed by atoms with E-state index in [1.54, 1.807) is 4.90 Å². The van der Waals surface area contributed by atoms with Crippen LogP contribution < -0.4 is 10.0 Å². The molecular formula is C17H21Cl2N3O4S. The maximum atomic E-state index is 12.9. The lowest BCUT2D eigenvalue weighted by Gasteiger charge is -2.32. The first-order valence-corrected chi connectivity index (χ1v) is 11.0. The van der Waals surface area contributed by atoms with Gasteiger partial charge in [0.05, 0.1) is 15.6 Å². The van der Waals surface area contributed by atoms with Gasteiger partial charge < -0.3 is 10.2 Å². The molecule has 10 heteroatoms. The molecule has 0 atom stereocenters. The van der Waals surface area contributed by atoms with E-state index in [4.69, 9.17) is 23.2 Å². The molecule has 1 aromatic rings. The van der Waals surface area contributed by atoms with Crippen molar-refractivity contribution in [3.8, 4) is 0 Å². The van der Waals surface area contributed by atoms with E-state index in [0.717, 1.165) is 12.8 Å². The fourth-order valence-electron chi connectivity index (χ4n) is 3.07. The Labute approximate surface area is 168 Å². The molecule has 0 spiro atoms. The minimum Gasteiger partial charge on any atom is -0.353 e. The molecule has 0 unspecified atom stereocenters. The van der Waals surface area contributed by atoms with Gasteiger partial charge in [0.2, 0.25) is 15.9 Å². The van der Waals surface area contributed by atoms with E-state index < -0.39 is 10.0 Å². The van der Waals surface area contributed by atoms with E-state index in [-0.39, 0.29) is 44.4 Å². The third-order valence-corrected chi connectivity index (χ3v) is 6.93. The van der Waals surface area contributed by atoms with Crippen LogP contribution in [0.3, 0.4) is 0 Å². The highest BCUT2D eigenvalue weighted by Gasteiger charge is 2.31. The number of nitrogens with zero attached hydrogens (tertiary/aromatic N) is 1. The van der Waals surface area contributed by atoms with E-state index >= 15 is 0 Å². The van der Waals surface area contributed by atoms with Crippen LogP contribution >= 0.6 is 23.2 Å². The van der Waals surface area contributed by atoms with Crippen LogP contribution in [0.2, 0.25) is 10.0 Å². The zero-order valence-electron chi connectivity index (χ0n) is 14.8. The van der Waals surface area contributed by atoms with Gasteiger partial charge in [0, 0.05) is 32.1 Å². The normalized spacial score (nSPS) is 18.4. The largest absolute Gasteiger partial charge is 0.353 e. The SMILES string of the molecule is CC(=O)NC1CCN(C(=O)c2cc(S(=O)(=O)NC3CC3)c(Cl)cc2Cl)CC1. The second kappa shape index (κ2) is 7.95. The number of hydrogen-bond donors (Lipinski definition) is 2. The van der Waals surface area contributed by atoms with Gasteiger partial charge in [-0.15, -0.1) is 0 Å². The van der Waals surface area contributed by atoms with Gasteiger partial charge in [0.15, 0.2) is 0 Å². The van der Waals surface area contributed by atoms with Gasteiger partial charge in [-0.25, -0.2) is 13.1 Å². The topological polar surface area (TPSA) is 95.6 Å². The Balaban J connectivity index is 1.79. The Kier molecular flexibility index (Phi) is 6.00. The number of sulfonamides is 1. The second-order valence-corrected chi connectivity index (χ2v) is 9.42. The molecule has 1 saturated heterocycles. The molecule has 1 heterocycles. The van der Waals surface area contributed by atoms with Crippen molar-refractivity contribution in [3.05, 3.63) is 27.7 Å². The van der Waals surface area contributed by atoms with Crippen LogP contribution in [0.1, 0.15) is 43.0 Å². The number of carbonyl (C=O) groups excluding carboxylic acids is 2. The summed E-state index contributed by atoms with van der Waals surface area (Å²) in [5, 5.41) is 2.94. The third kappa shape index (κ3) is 4.93. The molecule has 0 bridgehead atoms. The maximum absolute atomic E-state index is 12.9. The maximum Gasteiger partial charge on any atom is 0.255 e. The molecule has 148 valence electrons. The molecule has 0 aromatic heterocycles. The average molecular weight is 434 g/mol. The number of likely N-dealkylation sites (tertiary alicyclic amines) is 1. The number of benzene rings is 1. The summed E-state index contributed by atoms with van der Waals surface area (Å²) in [5.41, 5.74) is 0.107. The number of rotatable bonds is 5. The Morgan fingerprint density at radius 3 is 2.22 bits per heavy atom. The van der Waals surface area contributed by atoms with Gasteiger partial charge in [-0.2, -0.15) is 0 Å². The first-order valence-electron chi connectivity index (χ1n) is 8.75. The summed E-state index contributed by atoms with van der Waals surface area (Å²) in [5.74, 6) is -0.445. The molecule has 2 N–H and O–H groups in total. The summed E-state index contributed by atoms with van der Waals surface area (Å²) >= 11 is 12.3. The van der Waals surface area contributed by atoms with Crippen LogP contribution in [-0.2, 0) is 14.8 Å². The third-order valence-electron chi connectivity index (χ3n) is 4.63. The number of hydrogen-bond acceptors (Lipinski definition) is 4. The number of nitrogens with one attached hydrogen (secondary N) is 2. The van der Waals surface area contributed by atoms with Crippen molar-refractivity contribution in [2.24, 2.45) is 0 Å². The predicted molar refractivity (Wildman–Crippen MR) is 103 cm³/mol. The number of halogens is 2. The lowest BCUT2D eigenvalue weighted by molar-refractivity contribution is -0.119. The van der Waals surface area contributed by atoms with Crippen LogP contribution in [0.4, 0.5) is 0 Å². The van der Waals surface area contributed by atoms with E-state index in [0.29, 0.717) is 25.9 Å². The highest BCUT2D eigenvalue weighted by molar-refractivity contribution is 7.89. The highest BCUT2D eigenvalue weighted by atomic mass is 35.5. The van der Waals surface area contributed by atoms with E-state index in [9.17, 15) is 18.0 Å². The zero-order chi connectivity index (χ0) is 19.8. The molecule has 1 aromatic carbocycles. The van der Waals surface area contributed by atoms with Crippen molar-refractivity contribution < 1.29 is 18.0 Å². The number of piperidine rings is 1. The molecule has 2 amide bonds. The van der Waals surface area contributed by atoms with E-state index in [2.05, 4.69) is 10.0 Å². The predicted octanol–water partition coefficient (Wildman–Crippen LogP) is 2.17. The number of carbonyl (C=O) groups is 2. The van der Waals surface area contributed by atoms with Crippen molar-refractivity contribution in [3.63, 3.8) is 0 Å². The molecule has 1 saturated carbocycles. The zero-order valence-corrected chi connectivity index (χ0v) is 17.1. The van der Waals surface area contributed by atoms with Gasteiger partial charge >= 0.3 is 0 Å². The number of amides is 2. The summed E-state index contributed by atoms with van der Waals surface area (Å²) < 4.78 is 27.6. The molecule has 1 aliphatic carbocycles. The minimum atomic E-state index is -3.81. The quantitative estimate of drug-likeness (QED) is 0.743.